The number of anilines is 1. The van der Waals surface area contributed by atoms with Gasteiger partial charge in [0.2, 0.25) is 0 Å². The lowest BCUT2D eigenvalue weighted by Gasteiger charge is -2.14. The van der Waals surface area contributed by atoms with E-state index in [1.807, 2.05) is 6.92 Å². The van der Waals surface area contributed by atoms with E-state index in [4.69, 9.17) is 5.26 Å². The van der Waals surface area contributed by atoms with E-state index in [-0.39, 0.29) is 11.9 Å². The number of pyridine rings is 1. The van der Waals surface area contributed by atoms with Gasteiger partial charge in [0.05, 0.1) is 11.6 Å². The second-order valence-electron chi connectivity index (χ2n) is 4.42. The van der Waals surface area contributed by atoms with Crippen LogP contribution in [0.15, 0.2) is 42.6 Å². The first kappa shape index (κ1) is 13.0. The van der Waals surface area contributed by atoms with E-state index in [2.05, 4.69) is 16.4 Å². The lowest BCUT2D eigenvalue weighted by molar-refractivity contribution is 0.626. The highest BCUT2D eigenvalue weighted by Crippen LogP contribution is 2.11. The average Bonchev–Trinajstić information content (AvgIpc) is 2.41. The fraction of sp³-hybridized carbons (Fsp3) is 0.200. The Kier molecular flexibility index (Phi) is 4.09. The number of nitrogens with one attached hydrogen (secondary N) is 1. The van der Waals surface area contributed by atoms with Crippen LogP contribution in [-0.2, 0) is 6.42 Å². The summed E-state index contributed by atoms with van der Waals surface area (Å²) in [6.07, 6.45) is 2.37. The Morgan fingerprint density at radius 2 is 2.05 bits per heavy atom. The third kappa shape index (κ3) is 3.78. The number of rotatable bonds is 4. The zero-order chi connectivity index (χ0) is 13.7. The van der Waals surface area contributed by atoms with Gasteiger partial charge in [0.15, 0.2) is 0 Å². The molecule has 0 radical (unpaired) electrons. The van der Waals surface area contributed by atoms with Crippen molar-refractivity contribution in [1.29, 1.82) is 5.26 Å². The molecule has 1 atom stereocenters. The molecule has 4 heteroatoms. The molecular formula is C15H14FN3. The molecule has 0 aliphatic carbocycles. The lowest BCUT2D eigenvalue weighted by Crippen LogP contribution is -2.18. The van der Waals surface area contributed by atoms with Crippen LogP contribution in [0.5, 0.6) is 0 Å². The maximum atomic E-state index is 12.8. The van der Waals surface area contributed by atoms with Gasteiger partial charge < -0.3 is 5.32 Å². The highest BCUT2D eigenvalue weighted by atomic mass is 19.1. The highest BCUT2D eigenvalue weighted by molar-refractivity contribution is 5.43. The first-order valence-electron chi connectivity index (χ1n) is 6.04. The maximum Gasteiger partial charge on any atom is 0.127 e. The topological polar surface area (TPSA) is 48.7 Å². The molecule has 1 heterocycles. The molecule has 3 nitrogen and oxygen atoms in total. The molecule has 0 fully saturated rings. The van der Waals surface area contributed by atoms with Crippen LogP contribution >= 0.6 is 0 Å². The van der Waals surface area contributed by atoms with E-state index >= 15 is 0 Å². The van der Waals surface area contributed by atoms with E-state index in [0.717, 1.165) is 12.0 Å². The summed E-state index contributed by atoms with van der Waals surface area (Å²) in [6.45, 7) is 2.02. The van der Waals surface area contributed by atoms with Gasteiger partial charge in [0.25, 0.3) is 0 Å². The first-order chi connectivity index (χ1) is 9.17. The summed E-state index contributed by atoms with van der Waals surface area (Å²) in [5, 5.41) is 12.0. The van der Waals surface area contributed by atoms with E-state index < -0.39 is 0 Å². The van der Waals surface area contributed by atoms with E-state index in [9.17, 15) is 4.39 Å². The van der Waals surface area contributed by atoms with Gasteiger partial charge in [-0.2, -0.15) is 5.26 Å². The molecule has 0 spiro atoms. The summed E-state index contributed by atoms with van der Waals surface area (Å²) >= 11 is 0. The summed E-state index contributed by atoms with van der Waals surface area (Å²) in [6, 6.07) is 12.0. The predicted molar refractivity (Wildman–Crippen MR) is 72.1 cm³/mol. The van der Waals surface area contributed by atoms with Gasteiger partial charge in [0.1, 0.15) is 11.6 Å². The molecular weight excluding hydrogens is 241 g/mol. The zero-order valence-electron chi connectivity index (χ0n) is 10.6. The predicted octanol–water partition coefficient (Wildman–Crippen LogP) is 3.14. The molecule has 96 valence electrons. The molecule has 2 aromatic rings. The zero-order valence-corrected chi connectivity index (χ0v) is 10.6. The van der Waals surface area contributed by atoms with E-state index in [1.165, 1.54) is 12.1 Å². The van der Waals surface area contributed by atoms with Gasteiger partial charge in [-0.05, 0) is 43.2 Å². The summed E-state index contributed by atoms with van der Waals surface area (Å²) in [4.78, 5) is 4.16. The number of aromatic nitrogens is 1. The minimum absolute atomic E-state index is 0.145. The normalized spacial score (nSPS) is 11.6. The largest absolute Gasteiger partial charge is 0.367 e. The van der Waals surface area contributed by atoms with Gasteiger partial charge in [-0.15, -0.1) is 0 Å². The Hall–Kier alpha value is -2.41. The summed E-state index contributed by atoms with van der Waals surface area (Å²) in [7, 11) is 0. The fourth-order valence-electron chi connectivity index (χ4n) is 1.86. The Labute approximate surface area is 111 Å². The summed E-state index contributed by atoms with van der Waals surface area (Å²) in [5.74, 6) is 0.446. The van der Waals surface area contributed by atoms with Gasteiger partial charge in [-0.1, -0.05) is 12.1 Å². The smallest absolute Gasteiger partial charge is 0.127 e. The molecule has 2 rings (SSSR count). The van der Waals surface area contributed by atoms with Crippen molar-refractivity contribution >= 4 is 5.82 Å². The lowest BCUT2D eigenvalue weighted by atomic mass is 10.1. The number of hydrogen-bond donors (Lipinski definition) is 1. The van der Waals surface area contributed by atoms with Crippen molar-refractivity contribution in [2.75, 3.05) is 5.32 Å². The van der Waals surface area contributed by atoms with Crippen molar-refractivity contribution in [1.82, 2.24) is 4.98 Å². The molecule has 1 aromatic heterocycles. The van der Waals surface area contributed by atoms with Crippen LogP contribution in [0.4, 0.5) is 10.2 Å². The number of nitrogens with zero attached hydrogens (tertiary/aromatic N) is 2. The van der Waals surface area contributed by atoms with Gasteiger partial charge >= 0.3 is 0 Å². The molecule has 19 heavy (non-hydrogen) atoms. The number of benzene rings is 1. The highest BCUT2D eigenvalue weighted by Gasteiger charge is 2.05. The molecule has 1 aromatic carbocycles. The minimum Gasteiger partial charge on any atom is -0.367 e. The summed E-state index contributed by atoms with van der Waals surface area (Å²) in [5.41, 5.74) is 1.63. The van der Waals surface area contributed by atoms with Crippen LogP contribution in [0, 0.1) is 17.1 Å². The Balaban J connectivity index is 1.99. The molecule has 0 aliphatic heterocycles. The number of nitriles is 1. The number of hydrogen-bond acceptors (Lipinski definition) is 3. The van der Waals surface area contributed by atoms with Crippen molar-refractivity contribution in [2.24, 2.45) is 0 Å². The Morgan fingerprint density at radius 3 is 2.74 bits per heavy atom. The standard InChI is InChI=1S/C15H14FN3/c1-11(8-12-2-4-14(16)5-3-12)19-15-9-13(10-17)6-7-18-15/h2-7,9,11H,8H2,1H3,(H,18,19). The molecule has 0 aliphatic rings. The quantitative estimate of drug-likeness (QED) is 0.913. The van der Waals surface area contributed by atoms with Crippen LogP contribution in [0.25, 0.3) is 0 Å². The van der Waals surface area contributed by atoms with Crippen LogP contribution in [0.1, 0.15) is 18.1 Å². The molecule has 0 amide bonds. The second kappa shape index (κ2) is 5.96. The first-order valence-corrected chi connectivity index (χ1v) is 6.04. The average molecular weight is 255 g/mol. The van der Waals surface area contributed by atoms with Crippen molar-refractivity contribution in [2.45, 2.75) is 19.4 Å². The fourth-order valence-corrected chi connectivity index (χ4v) is 1.86. The minimum atomic E-state index is -0.229. The monoisotopic (exact) mass is 255 g/mol. The maximum absolute atomic E-state index is 12.8. The van der Waals surface area contributed by atoms with Crippen molar-refractivity contribution in [3.8, 4) is 6.07 Å². The third-order valence-electron chi connectivity index (χ3n) is 2.74. The molecule has 1 N–H and O–H groups in total. The molecule has 0 saturated carbocycles. The van der Waals surface area contributed by atoms with Crippen LogP contribution < -0.4 is 5.32 Å². The molecule has 0 saturated heterocycles. The third-order valence-corrected chi connectivity index (χ3v) is 2.74. The second-order valence-corrected chi connectivity index (χ2v) is 4.42. The molecule has 0 bridgehead atoms. The van der Waals surface area contributed by atoms with Crippen LogP contribution in [0.2, 0.25) is 0 Å². The van der Waals surface area contributed by atoms with Gasteiger partial charge in [0, 0.05) is 12.2 Å². The number of halogens is 1. The molecule has 1 unspecified atom stereocenters. The van der Waals surface area contributed by atoms with Crippen molar-refractivity contribution in [3.05, 3.63) is 59.5 Å². The van der Waals surface area contributed by atoms with Crippen molar-refractivity contribution in [3.63, 3.8) is 0 Å². The summed E-state index contributed by atoms with van der Waals surface area (Å²) < 4.78 is 12.8. The van der Waals surface area contributed by atoms with E-state index in [0.29, 0.717) is 11.4 Å². The van der Waals surface area contributed by atoms with Crippen molar-refractivity contribution < 1.29 is 4.39 Å². The van der Waals surface area contributed by atoms with Gasteiger partial charge in [-0.3, -0.25) is 0 Å². The van der Waals surface area contributed by atoms with Crippen LogP contribution in [0.3, 0.4) is 0 Å². The van der Waals surface area contributed by atoms with Gasteiger partial charge in [-0.25, -0.2) is 9.37 Å². The van der Waals surface area contributed by atoms with E-state index in [1.54, 1.807) is 30.5 Å². The Morgan fingerprint density at radius 1 is 1.32 bits per heavy atom. The van der Waals surface area contributed by atoms with Crippen LogP contribution in [-0.4, -0.2) is 11.0 Å². The SMILES string of the molecule is CC(Cc1ccc(F)cc1)Nc1cc(C#N)ccn1. The Bertz CT molecular complexity index is 587.